The van der Waals surface area contributed by atoms with Crippen molar-refractivity contribution in [3.8, 4) is 0 Å². The van der Waals surface area contributed by atoms with E-state index in [1.165, 1.54) is 24.2 Å². The molecule has 19 heavy (non-hydrogen) atoms. The van der Waals surface area contributed by atoms with Crippen molar-refractivity contribution >= 4 is 5.69 Å². The molecule has 2 rings (SSSR count). The summed E-state index contributed by atoms with van der Waals surface area (Å²) >= 11 is 0. The molecule has 0 amide bonds. The molecule has 1 fully saturated rings. The molecule has 1 aromatic carbocycles. The highest BCUT2D eigenvalue weighted by molar-refractivity contribution is 5.46. The summed E-state index contributed by atoms with van der Waals surface area (Å²) in [7, 11) is 2.19. The molecule has 1 unspecified atom stereocenters. The number of hydrogen-bond donors (Lipinski definition) is 1. The predicted molar refractivity (Wildman–Crippen MR) is 82.6 cm³/mol. The fourth-order valence-corrected chi connectivity index (χ4v) is 2.75. The Hall–Kier alpha value is -1.06. The van der Waals surface area contributed by atoms with Gasteiger partial charge in [0.05, 0.1) is 0 Å². The monoisotopic (exact) mass is 261 g/mol. The summed E-state index contributed by atoms with van der Waals surface area (Å²) in [6.07, 6.45) is 1.25. The molecule has 0 spiro atoms. The molecule has 1 saturated heterocycles. The van der Waals surface area contributed by atoms with Crippen molar-refractivity contribution in [2.24, 2.45) is 0 Å². The molecule has 0 saturated carbocycles. The number of rotatable bonds is 6. The number of likely N-dealkylation sites (tertiary alicyclic amines) is 1. The van der Waals surface area contributed by atoms with Gasteiger partial charge in [-0.3, -0.25) is 4.90 Å². The van der Waals surface area contributed by atoms with Gasteiger partial charge in [-0.1, -0.05) is 26.0 Å². The van der Waals surface area contributed by atoms with Crippen molar-refractivity contribution in [1.82, 2.24) is 9.80 Å². The van der Waals surface area contributed by atoms with Crippen molar-refractivity contribution in [2.45, 2.75) is 32.9 Å². The normalized spacial score (nSPS) is 20.1. The molecule has 3 heteroatoms. The van der Waals surface area contributed by atoms with Crippen LogP contribution in [0.5, 0.6) is 0 Å². The van der Waals surface area contributed by atoms with Gasteiger partial charge in [0.2, 0.25) is 0 Å². The van der Waals surface area contributed by atoms with Crippen LogP contribution in [-0.2, 0) is 6.54 Å². The Morgan fingerprint density at radius 2 is 2.11 bits per heavy atom. The van der Waals surface area contributed by atoms with Gasteiger partial charge < -0.3 is 10.2 Å². The Bertz CT molecular complexity index is 387. The van der Waals surface area contributed by atoms with Gasteiger partial charge >= 0.3 is 0 Å². The lowest BCUT2D eigenvalue weighted by molar-refractivity contribution is 0.296. The van der Waals surface area contributed by atoms with Crippen LogP contribution in [0.25, 0.3) is 0 Å². The summed E-state index contributed by atoms with van der Waals surface area (Å²) < 4.78 is 0. The lowest BCUT2D eigenvalue weighted by Crippen LogP contribution is -2.24. The first-order valence-electron chi connectivity index (χ1n) is 7.47. The van der Waals surface area contributed by atoms with Crippen molar-refractivity contribution in [3.63, 3.8) is 0 Å². The van der Waals surface area contributed by atoms with Crippen molar-refractivity contribution < 1.29 is 0 Å². The van der Waals surface area contributed by atoms with Gasteiger partial charge in [-0.05, 0) is 50.8 Å². The number of benzene rings is 1. The zero-order valence-electron chi connectivity index (χ0n) is 12.5. The highest BCUT2D eigenvalue weighted by atomic mass is 15.2. The largest absolute Gasteiger partial charge is 0.381 e. The van der Waals surface area contributed by atoms with E-state index >= 15 is 0 Å². The third-order valence-corrected chi connectivity index (χ3v) is 3.99. The smallest absolute Gasteiger partial charge is 0.0400 e. The molecule has 106 valence electrons. The van der Waals surface area contributed by atoms with Crippen LogP contribution in [0.15, 0.2) is 24.3 Å². The van der Waals surface area contributed by atoms with Crippen LogP contribution in [0.3, 0.4) is 0 Å². The van der Waals surface area contributed by atoms with Gasteiger partial charge in [0, 0.05) is 24.8 Å². The Morgan fingerprint density at radius 1 is 1.32 bits per heavy atom. The maximum Gasteiger partial charge on any atom is 0.0400 e. The maximum absolute atomic E-state index is 3.66. The van der Waals surface area contributed by atoms with Gasteiger partial charge in [-0.2, -0.15) is 0 Å². The van der Waals surface area contributed by atoms with E-state index in [0.29, 0.717) is 6.04 Å². The second-order valence-electron chi connectivity index (χ2n) is 5.55. The lowest BCUT2D eigenvalue weighted by Gasteiger charge is -2.19. The van der Waals surface area contributed by atoms with Crippen molar-refractivity contribution in [3.05, 3.63) is 29.8 Å². The van der Waals surface area contributed by atoms with Crippen LogP contribution in [-0.4, -0.2) is 49.1 Å². The van der Waals surface area contributed by atoms with Crippen LogP contribution in [0, 0.1) is 0 Å². The summed E-state index contributed by atoms with van der Waals surface area (Å²) in [4.78, 5) is 4.83. The number of anilines is 1. The van der Waals surface area contributed by atoms with Crippen LogP contribution in [0.4, 0.5) is 5.69 Å². The van der Waals surface area contributed by atoms with Gasteiger partial charge in [0.15, 0.2) is 0 Å². The quantitative estimate of drug-likeness (QED) is 0.849. The van der Waals surface area contributed by atoms with Crippen LogP contribution < -0.4 is 5.32 Å². The standard InChI is InChI=1S/C16H27N3/c1-4-19(5-2)12-14-7-6-8-15(11-14)17-16-9-10-18(3)13-16/h6-8,11,16-17H,4-5,9-10,12-13H2,1-3H3. The summed E-state index contributed by atoms with van der Waals surface area (Å²) in [5, 5.41) is 3.66. The first kappa shape index (κ1) is 14.4. The Labute approximate surface area is 117 Å². The zero-order chi connectivity index (χ0) is 13.7. The molecule has 1 heterocycles. The Morgan fingerprint density at radius 3 is 2.74 bits per heavy atom. The molecule has 0 radical (unpaired) electrons. The summed E-state index contributed by atoms with van der Waals surface area (Å²) in [5.74, 6) is 0. The van der Waals surface area contributed by atoms with E-state index in [0.717, 1.165) is 26.2 Å². The number of likely N-dealkylation sites (N-methyl/N-ethyl adjacent to an activating group) is 1. The molecule has 1 aliphatic heterocycles. The van der Waals surface area contributed by atoms with Crippen LogP contribution in [0.1, 0.15) is 25.8 Å². The highest BCUT2D eigenvalue weighted by Gasteiger charge is 2.18. The van der Waals surface area contributed by atoms with E-state index in [-0.39, 0.29) is 0 Å². The van der Waals surface area contributed by atoms with E-state index in [4.69, 9.17) is 0 Å². The topological polar surface area (TPSA) is 18.5 Å². The van der Waals surface area contributed by atoms with Gasteiger partial charge in [-0.25, -0.2) is 0 Å². The summed E-state index contributed by atoms with van der Waals surface area (Å²) in [6.45, 7) is 10.1. The maximum atomic E-state index is 3.66. The Kier molecular flexibility index (Phi) is 5.23. The average molecular weight is 261 g/mol. The molecular weight excluding hydrogens is 234 g/mol. The molecule has 1 aliphatic rings. The summed E-state index contributed by atoms with van der Waals surface area (Å²) in [6, 6.07) is 9.49. The molecule has 1 aromatic rings. The second kappa shape index (κ2) is 6.92. The summed E-state index contributed by atoms with van der Waals surface area (Å²) in [5.41, 5.74) is 2.67. The highest BCUT2D eigenvalue weighted by Crippen LogP contribution is 2.17. The molecule has 3 nitrogen and oxygen atoms in total. The van der Waals surface area contributed by atoms with E-state index in [9.17, 15) is 0 Å². The predicted octanol–water partition coefficient (Wildman–Crippen LogP) is 2.64. The molecule has 0 aliphatic carbocycles. The van der Waals surface area contributed by atoms with Crippen molar-refractivity contribution in [1.29, 1.82) is 0 Å². The third kappa shape index (κ3) is 4.22. The molecule has 0 aromatic heterocycles. The van der Waals surface area contributed by atoms with Gasteiger partial charge in [-0.15, -0.1) is 0 Å². The fourth-order valence-electron chi connectivity index (χ4n) is 2.75. The zero-order valence-corrected chi connectivity index (χ0v) is 12.5. The minimum Gasteiger partial charge on any atom is -0.381 e. The molecular formula is C16H27N3. The molecule has 1 atom stereocenters. The number of nitrogens with one attached hydrogen (secondary N) is 1. The van der Waals surface area contributed by atoms with Crippen LogP contribution >= 0.6 is 0 Å². The second-order valence-corrected chi connectivity index (χ2v) is 5.55. The van der Waals surface area contributed by atoms with Gasteiger partial charge in [0.25, 0.3) is 0 Å². The number of hydrogen-bond acceptors (Lipinski definition) is 3. The lowest BCUT2D eigenvalue weighted by atomic mass is 10.1. The SMILES string of the molecule is CCN(CC)Cc1cccc(NC2CCN(C)C2)c1. The third-order valence-electron chi connectivity index (χ3n) is 3.99. The van der Waals surface area contributed by atoms with Crippen molar-refractivity contribution in [2.75, 3.05) is 38.5 Å². The first-order valence-corrected chi connectivity index (χ1v) is 7.47. The molecule has 1 N–H and O–H groups in total. The number of nitrogens with zero attached hydrogens (tertiary/aromatic N) is 2. The van der Waals surface area contributed by atoms with Gasteiger partial charge in [0.1, 0.15) is 0 Å². The first-order chi connectivity index (χ1) is 9.21. The average Bonchev–Trinajstić information content (AvgIpc) is 2.82. The Balaban J connectivity index is 1.94. The minimum absolute atomic E-state index is 0.605. The van der Waals surface area contributed by atoms with E-state index in [1.807, 2.05) is 0 Å². The molecule has 0 bridgehead atoms. The fraction of sp³-hybridized carbons (Fsp3) is 0.625. The van der Waals surface area contributed by atoms with E-state index < -0.39 is 0 Å². The van der Waals surface area contributed by atoms with E-state index in [1.54, 1.807) is 0 Å². The van der Waals surface area contributed by atoms with E-state index in [2.05, 4.69) is 60.3 Å². The van der Waals surface area contributed by atoms with Crippen LogP contribution in [0.2, 0.25) is 0 Å². The minimum atomic E-state index is 0.605.